The van der Waals surface area contributed by atoms with E-state index in [1.165, 1.54) is 0 Å². The highest BCUT2D eigenvalue weighted by Crippen LogP contribution is 2.39. The summed E-state index contributed by atoms with van der Waals surface area (Å²) >= 11 is 0. The number of hydrogen-bond acceptors (Lipinski definition) is 3. The molecule has 0 radical (unpaired) electrons. The number of carbonyl (C=O) groups excluding carboxylic acids is 2. The first kappa shape index (κ1) is 17.0. The van der Waals surface area contributed by atoms with Gasteiger partial charge in [-0.15, -0.1) is 0 Å². The quantitative estimate of drug-likeness (QED) is 0.896. The van der Waals surface area contributed by atoms with Gasteiger partial charge >= 0.3 is 0 Å². The van der Waals surface area contributed by atoms with Crippen LogP contribution in [0.2, 0.25) is 0 Å². The molecule has 6 nitrogen and oxygen atoms in total. The molecule has 3 heterocycles. The van der Waals surface area contributed by atoms with Gasteiger partial charge in [-0.1, -0.05) is 6.92 Å². The van der Waals surface area contributed by atoms with Crippen LogP contribution < -0.4 is 0 Å². The van der Waals surface area contributed by atoms with Crippen molar-refractivity contribution in [3.05, 3.63) is 18.2 Å². The molecule has 1 spiro atoms. The minimum absolute atomic E-state index is 0.101. The number of aromatic amines is 1. The summed E-state index contributed by atoms with van der Waals surface area (Å²) in [4.78, 5) is 35.8. The SMILES string of the molecule is CCCC(=O)N1CCCC2(CCC(=O)N(CCc3cnc[nH]3)C2)C1. The van der Waals surface area contributed by atoms with Crippen LogP contribution in [0, 0.1) is 5.41 Å². The lowest BCUT2D eigenvalue weighted by atomic mass is 9.73. The summed E-state index contributed by atoms with van der Waals surface area (Å²) in [6.07, 6.45) is 9.54. The molecule has 132 valence electrons. The molecule has 1 atom stereocenters. The Balaban J connectivity index is 1.62. The van der Waals surface area contributed by atoms with Crippen LogP contribution in [-0.2, 0) is 16.0 Å². The molecule has 0 saturated carbocycles. The van der Waals surface area contributed by atoms with Crippen LogP contribution >= 0.6 is 0 Å². The van der Waals surface area contributed by atoms with E-state index < -0.39 is 0 Å². The second-order valence-corrected chi connectivity index (χ2v) is 7.31. The van der Waals surface area contributed by atoms with Gasteiger partial charge in [-0.3, -0.25) is 9.59 Å². The number of aromatic nitrogens is 2. The van der Waals surface area contributed by atoms with Crippen molar-refractivity contribution in [1.82, 2.24) is 19.8 Å². The van der Waals surface area contributed by atoms with Gasteiger partial charge in [-0.05, 0) is 25.7 Å². The second-order valence-electron chi connectivity index (χ2n) is 7.31. The molecule has 24 heavy (non-hydrogen) atoms. The summed E-state index contributed by atoms with van der Waals surface area (Å²) in [5.41, 5.74) is 1.16. The topological polar surface area (TPSA) is 69.3 Å². The van der Waals surface area contributed by atoms with Crippen molar-refractivity contribution in [1.29, 1.82) is 0 Å². The highest BCUT2D eigenvalue weighted by atomic mass is 16.2. The van der Waals surface area contributed by atoms with Gasteiger partial charge in [0.15, 0.2) is 0 Å². The number of H-pyrrole nitrogens is 1. The van der Waals surface area contributed by atoms with E-state index in [1.54, 1.807) is 6.33 Å². The average molecular weight is 332 g/mol. The lowest BCUT2D eigenvalue weighted by Gasteiger charge is -2.48. The zero-order chi connectivity index (χ0) is 17.0. The Bertz CT molecular complexity index is 572. The maximum Gasteiger partial charge on any atom is 0.222 e. The molecule has 2 amide bonds. The van der Waals surface area contributed by atoms with Crippen molar-refractivity contribution in [2.24, 2.45) is 5.41 Å². The van der Waals surface area contributed by atoms with Gasteiger partial charge in [0.2, 0.25) is 11.8 Å². The molecule has 2 fully saturated rings. The molecule has 1 aromatic heterocycles. The zero-order valence-corrected chi connectivity index (χ0v) is 14.6. The smallest absolute Gasteiger partial charge is 0.222 e. The number of nitrogens with one attached hydrogen (secondary N) is 1. The van der Waals surface area contributed by atoms with E-state index >= 15 is 0 Å². The highest BCUT2D eigenvalue weighted by Gasteiger charge is 2.42. The van der Waals surface area contributed by atoms with Crippen LogP contribution in [0.1, 0.15) is 51.1 Å². The summed E-state index contributed by atoms with van der Waals surface area (Å²) < 4.78 is 0. The summed E-state index contributed by atoms with van der Waals surface area (Å²) in [6, 6.07) is 0. The summed E-state index contributed by atoms with van der Waals surface area (Å²) in [7, 11) is 0. The first-order valence-electron chi connectivity index (χ1n) is 9.15. The fourth-order valence-corrected chi connectivity index (χ4v) is 4.11. The highest BCUT2D eigenvalue weighted by molar-refractivity contribution is 5.78. The third-order valence-electron chi connectivity index (χ3n) is 5.43. The fourth-order valence-electron chi connectivity index (χ4n) is 4.11. The molecule has 2 saturated heterocycles. The number of nitrogens with zero attached hydrogens (tertiary/aromatic N) is 3. The van der Waals surface area contributed by atoms with Crippen LogP contribution in [0.3, 0.4) is 0 Å². The van der Waals surface area contributed by atoms with Crippen molar-refractivity contribution < 1.29 is 9.59 Å². The van der Waals surface area contributed by atoms with Gasteiger partial charge in [-0.2, -0.15) is 0 Å². The molecular weight excluding hydrogens is 304 g/mol. The molecule has 0 aromatic carbocycles. The fraction of sp³-hybridized carbons (Fsp3) is 0.722. The molecule has 0 bridgehead atoms. The molecule has 2 aliphatic rings. The van der Waals surface area contributed by atoms with Crippen LogP contribution in [0.25, 0.3) is 0 Å². The second kappa shape index (κ2) is 7.36. The molecule has 1 aromatic rings. The molecule has 0 aliphatic carbocycles. The zero-order valence-electron chi connectivity index (χ0n) is 14.6. The van der Waals surface area contributed by atoms with Crippen molar-refractivity contribution >= 4 is 11.8 Å². The Morgan fingerprint density at radius 1 is 1.38 bits per heavy atom. The van der Waals surface area contributed by atoms with Gasteiger partial charge in [0.1, 0.15) is 0 Å². The molecule has 2 aliphatic heterocycles. The number of likely N-dealkylation sites (tertiary alicyclic amines) is 2. The van der Waals surface area contributed by atoms with E-state index in [1.807, 2.05) is 22.9 Å². The predicted molar refractivity (Wildman–Crippen MR) is 91.3 cm³/mol. The Morgan fingerprint density at radius 3 is 3.00 bits per heavy atom. The largest absolute Gasteiger partial charge is 0.348 e. The first-order valence-corrected chi connectivity index (χ1v) is 9.15. The van der Waals surface area contributed by atoms with Crippen molar-refractivity contribution in [2.75, 3.05) is 26.2 Å². The first-order chi connectivity index (χ1) is 11.6. The standard InChI is InChI=1S/C18H28N4O2/c1-2-4-16(23)21-9-3-7-18(12-21)8-5-17(24)22(13-18)10-6-15-11-19-14-20-15/h11,14H,2-10,12-13H2,1H3,(H,19,20). The Kier molecular flexibility index (Phi) is 5.21. The van der Waals surface area contributed by atoms with Crippen molar-refractivity contribution in [3.8, 4) is 0 Å². The monoisotopic (exact) mass is 332 g/mol. The number of piperidine rings is 2. The number of imidazole rings is 1. The predicted octanol–water partition coefficient (Wildman–Crippen LogP) is 1.98. The van der Waals surface area contributed by atoms with E-state index in [9.17, 15) is 9.59 Å². The van der Waals surface area contributed by atoms with E-state index in [0.717, 1.165) is 64.0 Å². The van der Waals surface area contributed by atoms with Crippen molar-refractivity contribution in [3.63, 3.8) is 0 Å². The lowest BCUT2D eigenvalue weighted by molar-refractivity contribution is -0.143. The molecular formula is C18H28N4O2. The van der Waals surface area contributed by atoms with Crippen molar-refractivity contribution in [2.45, 2.75) is 51.9 Å². The van der Waals surface area contributed by atoms with Crippen LogP contribution in [-0.4, -0.2) is 57.8 Å². The number of hydrogen-bond donors (Lipinski definition) is 1. The number of amides is 2. The van der Waals surface area contributed by atoms with Crippen LogP contribution in [0.5, 0.6) is 0 Å². The number of carbonyl (C=O) groups is 2. The van der Waals surface area contributed by atoms with Gasteiger partial charge in [0.05, 0.1) is 6.33 Å². The minimum atomic E-state index is 0.101. The van der Waals surface area contributed by atoms with Gasteiger partial charge in [0, 0.05) is 62.7 Å². The Hall–Kier alpha value is -1.85. The van der Waals surface area contributed by atoms with E-state index in [2.05, 4.69) is 9.97 Å². The van der Waals surface area contributed by atoms with Gasteiger partial charge < -0.3 is 14.8 Å². The Morgan fingerprint density at radius 2 is 2.25 bits per heavy atom. The minimum Gasteiger partial charge on any atom is -0.348 e. The summed E-state index contributed by atoms with van der Waals surface area (Å²) in [5.74, 6) is 0.523. The molecule has 3 rings (SSSR count). The van der Waals surface area contributed by atoms with Gasteiger partial charge in [0.25, 0.3) is 0 Å². The average Bonchev–Trinajstić information content (AvgIpc) is 3.10. The third-order valence-corrected chi connectivity index (χ3v) is 5.43. The van der Waals surface area contributed by atoms with Crippen LogP contribution in [0.15, 0.2) is 12.5 Å². The van der Waals surface area contributed by atoms with E-state index in [0.29, 0.717) is 12.8 Å². The lowest BCUT2D eigenvalue weighted by Crippen LogP contribution is -2.55. The Labute approximate surface area is 143 Å². The maximum atomic E-state index is 12.3. The normalized spacial score (nSPS) is 24.6. The molecule has 1 N–H and O–H groups in total. The van der Waals surface area contributed by atoms with E-state index in [4.69, 9.17) is 0 Å². The van der Waals surface area contributed by atoms with Crippen LogP contribution in [0.4, 0.5) is 0 Å². The van der Waals surface area contributed by atoms with Gasteiger partial charge in [-0.25, -0.2) is 4.98 Å². The van der Waals surface area contributed by atoms with E-state index in [-0.39, 0.29) is 17.2 Å². The summed E-state index contributed by atoms with van der Waals surface area (Å²) in [5, 5.41) is 0. The molecule has 1 unspecified atom stereocenters. The third kappa shape index (κ3) is 3.79. The molecule has 6 heteroatoms. The maximum absolute atomic E-state index is 12.3. The summed E-state index contributed by atoms with van der Waals surface area (Å²) in [6.45, 7) is 5.26. The number of rotatable bonds is 5.